The van der Waals surface area contributed by atoms with Gasteiger partial charge in [0.05, 0.1) is 38.5 Å². The molecule has 0 radical (unpaired) electrons. The van der Waals surface area contributed by atoms with Crippen molar-refractivity contribution < 1.29 is 13.6 Å². The van der Waals surface area contributed by atoms with Crippen LogP contribution in [0.25, 0.3) is 21.3 Å². The van der Waals surface area contributed by atoms with E-state index in [1.807, 2.05) is 4.57 Å². The van der Waals surface area contributed by atoms with Crippen LogP contribution in [0.15, 0.2) is 12.4 Å². The Balaban J connectivity index is 1.50. The van der Waals surface area contributed by atoms with Crippen molar-refractivity contribution in [2.24, 2.45) is 0 Å². The number of carbonyl (C=O) groups excluding carboxylic acids is 1. The Labute approximate surface area is 203 Å². The molecule has 2 aliphatic rings. The van der Waals surface area contributed by atoms with E-state index in [2.05, 4.69) is 38.6 Å². The second kappa shape index (κ2) is 8.03. The van der Waals surface area contributed by atoms with Crippen molar-refractivity contribution in [3.8, 4) is 23.7 Å². The predicted octanol–water partition coefficient (Wildman–Crippen LogP) is 3.54. The van der Waals surface area contributed by atoms with Crippen LogP contribution in [0.1, 0.15) is 47.5 Å². The zero-order valence-corrected chi connectivity index (χ0v) is 19.5. The summed E-state index contributed by atoms with van der Waals surface area (Å²) in [7, 11) is 0. The molecule has 1 amide bonds. The van der Waals surface area contributed by atoms with E-state index in [0.29, 0.717) is 46.0 Å². The van der Waals surface area contributed by atoms with E-state index in [1.165, 1.54) is 23.7 Å². The van der Waals surface area contributed by atoms with Crippen molar-refractivity contribution in [2.75, 3.05) is 12.3 Å². The number of nitrogens with zero attached hydrogens (tertiary/aromatic N) is 5. The van der Waals surface area contributed by atoms with Gasteiger partial charge in [-0.15, -0.1) is 11.3 Å². The summed E-state index contributed by atoms with van der Waals surface area (Å²) in [6.07, 6.45) is 3.40. The van der Waals surface area contributed by atoms with Gasteiger partial charge in [-0.25, -0.2) is 23.7 Å². The second-order valence-corrected chi connectivity index (χ2v) is 9.57. The van der Waals surface area contributed by atoms with Crippen molar-refractivity contribution in [1.82, 2.24) is 24.4 Å². The Morgan fingerprint density at radius 1 is 1.20 bits per heavy atom. The van der Waals surface area contributed by atoms with Crippen LogP contribution in [0.4, 0.5) is 14.6 Å². The van der Waals surface area contributed by atoms with Crippen molar-refractivity contribution >= 4 is 44.3 Å². The molecular weight excluding hydrogens is 470 g/mol. The first kappa shape index (κ1) is 21.5. The number of carbonyl (C=O) groups is 1. The number of fused-ring (bicyclic) bond motifs is 4. The van der Waals surface area contributed by atoms with Gasteiger partial charge < -0.3 is 15.2 Å². The predicted molar refractivity (Wildman–Crippen MR) is 128 cm³/mol. The number of anilines is 1. The highest BCUT2D eigenvalue weighted by atomic mass is 32.1. The van der Waals surface area contributed by atoms with Crippen molar-refractivity contribution in [1.29, 1.82) is 0 Å². The van der Waals surface area contributed by atoms with Crippen molar-refractivity contribution in [3.05, 3.63) is 45.9 Å². The van der Waals surface area contributed by atoms with Gasteiger partial charge in [-0.1, -0.05) is 17.8 Å². The van der Waals surface area contributed by atoms with E-state index >= 15 is 4.39 Å². The maximum Gasteiger partial charge on any atom is 0.298 e. The summed E-state index contributed by atoms with van der Waals surface area (Å²) in [6, 6.07) is 1.29. The molecule has 4 heterocycles. The zero-order valence-electron chi connectivity index (χ0n) is 18.7. The van der Waals surface area contributed by atoms with Crippen LogP contribution in [-0.4, -0.2) is 36.9 Å². The largest absolute Gasteiger partial charge is 0.383 e. The molecule has 1 aromatic carbocycles. The van der Waals surface area contributed by atoms with Gasteiger partial charge in [0.15, 0.2) is 5.82 Å². The van der Waals surface area contributed by atoms with Gasteiger partial charge in [-0.2, -0.15) is 0 Å². The first-order valence-corrected chi connectivity index (χ1v) is 11.9. The minimum Gasteiger partial charge on any atom is -0.383 e. The quantitative estimate of drug-likeness (QED) is 0.414. The van der Waals surface area contributed by atoms with E-state index in [0.717, 1.165) is 17.8 Å². The lowest BCUT2D eigenvalue weighted by atomic mass is 10.1. The Morgan fingerprint density at radius 3 is 2.77 bits per heavy atom. The molecule has 1 aliphatic carbocycles. The van der Waals surface area contributed by atoms with Crippen LogP contribution in [-0.2, 0) is 17.9 Å². The van der Waals surface area contributed by atoms with Crippen LogP contribution in [0.5, 0.6) is 0 Å². The summed E-state index contributed by atoms with van der Waals surface area (Å²) >= 11 is 1.33. The smallest absolute Gasteiger partial charge is 0.298 e. The number of aromatic nitrogens is 4. The van der Waals surface area contributed by atoms with E-state index in [9.17, 15) is 9.18 Å². The summed E-state index contributed by atoms with van der Waals surface area (Å²) in [5.41, 5.74) is 7.63. The standard InChI is InChI=1S/C25H18F2N6OS/c1-2-3-19(34)32-8-9-33-17(11-32)15(20-23(28)29-12-30-24(20)33)7-6-14-16(26)10-18-22(21(14)27)31-25(35-18)13-4-5-13/h10,12-13H,4-5,8-9,11H2,1H3,(H2,28,29,30). The minimum atomic E-state index is -0.771. The third kappa shape index (κ3) is 3.49. The van der Waals surface area contributed by atoms with Crippen LogP contribution in [0, 0.1) is 35.3 Å². The highest BCUT2D eigenvalue weighted by Gasteiger charge is 2.29. The molecule has 0 bridgehead atoms. The lowest BCUT2D eigenvalue weighted by Crippen LogP contribution is -2.37. The maximum atomic E-state index is 15.3. The fourth-order valence-corrected chi connectivity index (χ4v) is 5.54. The number of thiazole rings is 1. The van der Waals surface area contributed by atoms with Crippen LogP contribution in [0.2, 0.25) is 0 Å². The molecule has 174 valence electrons. The van der Waals surface area contributed by atoms with Gasteiger partial charge in [0.25, 0.3) is 5.91 Å². The van der Waals surface area contributed by atoms with E-state index in [1.54, 1.807) is 11.8 Å². The fourth-order valence-electron chi connectivity index (χ4n) is 4.38. The van der Waals surface area contributed by atoms with Gasteiger partial charge >= 0.3 is 0 Å². The SMILES string of the molecule is CC#CC(=O)N1CCn2c(c(C#Cc3c(F)cc4sc(C5CC5)nc4c3F)c3c(N)ncnc32)C1. The van der Waals surface area contributed by atoms with Crippen LogP contribution in [0.3, 0.4) is 0 Å². The molecule has 10 heteroatoms. The van der Waals surface area contributed by atoms with Gasteiger partial charge in [0, 0.05) is 19.0 Å². The molecule has 3 aromatic heterocycles. The fraction of sp³-hybridized carbons (Fsp3) is 0.280. The second-order valence-electron chi connectivity index (χ2n) is 8.50. The lowest BCUT2D eigenvalue weighted by Gasteiger charge is -2.27. The summed E-state index contributed by atoms with van der Waals surface area (Å²) in [5.74, 6) is 9.49. The van der Waals surface area contributed by atoms with E-state index < -0.39 is 11.6 Å². The van der Waals surface area contributed by atoms with Crippen molar-refractivity contribution in [2.45, 2.75) is 38.8 Å². The Hall–Kier alpha value is -4.02. The average Bonchev–Trinajstić information content (AvgIpc) is 3.53. The third-order valence-electron chi connectivity index (χ3n) is 6.26. The first-order chi connectivity index (χ1) is 17.0. The van der Waals surface area contributed by atoms with Gasteiger partial charge in [0.1, 0.15) is 29.1 Å². The van der Waals surface area contributed by atoms with Gasteiger partial charge in [-0.3, -0.25) is 4.79 Å². The monoisotopic (exact) mass is 488 g/mol. The molecule has 35 heavy (non-hydrogen) atoms. The number of nitrogen functional groups attached to an aromatic ring is 1. The number of benzene rings is 1. The maximum absolute atomic E-state index is 15.3. The molecule has 0 spiro atoms. The number of hydrogen-bond donors (Lipinski definition) is 1. The number of rotatable bonds is 1. The Bertz CT molecular complexity index is 1680. The van der Waals surface area contributed by atoms with E-state index in [-0.39, 0.29) is 29.3 Å². The summed E-state index contributed by atoms with van der Waals surface area (Å²) in [4.78, 5) is 26.8. The molecule has 0 saturated heterocycles. The molecular formula is C25H18F2N6OS. The molecule has 1 fully saturated rings. The topological polar surface area (TPSA) is 89.9 Å². The van der Waals surface area contributed by atoms with Crippen LogP contribution < -0.4 is 5.73 Å². The molecule has 0 atom stereocenters. The molecule has 1 saturated carbocycles. The minimum absolute atomic E-state index is 0.143. The first-order valence-electron chi connectivity index (χ1n) is 11.1. The summed E-state index contributed by atoms with van der Waals surface area (Å²) in [5, 5.41) is 1.33. The van der Waals surface area contributed by atoms with E-state index in [4.69, 9.17) is 5.73 Å². The third-order valence-corrected chi connectivity index (χ3v) is 7.43. The molecule has 7 nitrogen and oxygen atoms in total. The van der Waals surface area contributed by atoms with Crippen LogP contribution >= 0.6 is 11.3 Å². The number of amides is 1. The molecule has 1 aliphatic heterocycles. The number of nitrogens with two attached hydrogens (primary N) is 1. The molecule has 6 rings (SSSR count). The highest BCUT2D eigenvalue weighted by Crippen LogP contribution is 2.44. The lowest BCUT2D eigenvalue weighted by molar-refractivity contribution is -0.126. The normalized spacial score (nSPS) is 14.9. The zero-order chi connectivity index (χ0) is 24.3. The van der Waals surface area contributed by atoms with Gasteiger partial charge in [0.2, 0.25) is 0 Å². The summed E-state index contributed by atoms with van der Waals surface area (Å²) < 4.78 is 32.6. The Kier molecular flexibility index (Phi) is 4.94. The highest BCUT2D eigenvalue weighted by molar-refractivity contribution is 7.18. The summed E-state index contributed by atoms with van der Waals surface area (Å²) in [6.45, 7) is 2.71. The Morgan fingerprint density at radius 2 is 2.00 bits per heavy atom. The number of halogens is 2. The van der Waals surface area contributed by atoms with Gasteiger partial charge in [-0.05, 0) is 31.8 Å². The van der Waals surface area contributed by atoms with Crippen molar-refractivity contribution in [3.63, 3.8) is 0 Å². The molecule has 2 N–H and O–H groups in total. The average molecular weight is 489 g/mol. The molecule has 0 unspecified atom stereocenters. The number of hydrogen-bond acceptors (Lipinski definition) is 6. The molecule has 4 aromatic rings.